The molecule has 0 aromatic carbocycles. The number of likely N-dealkylation sites (tertiary alicyclic amines) is 1. The van der Waals surface area contributed by atoms with Gasteiger partial charge in [0.25, 0.3) is 0 Å². The van der Waals surface area contributed by atoms with Crippen LogP contribution in [0.2, 0.25) is 0 Å². The summed E-state index contributed by atoms with van der Waals surface area (Å²) in [5.74, 6) is 0. The van der Waals surface area contributed by atoms with Gasteiger partial charge in [-0.1, -0.05) is 0 Å². The van der Waals surface area contributed by atoms with Gasteiger partial charge in [-0.2, -0.15) is 0 Å². The standard InChI is InChI=1S/C9H11NOS/c11-6-9-4-8(7-12-9)5-10-2-1-3-10/h4,6-7H,1-3,5H2. The molecule has 1 aliphatic rings. The van der Waals surface area contributed by atoms with E-state index in [-0.39, 0.29) is 0 Å². The molecule has 2 nitrogen and oxygen atoms in total. The van der Waals surface area contributed by atoms with E-state index in [0.717, 1.165) is 17.7 Å². The van der Waals surface area contributed by atoms with Gasteiger partial charge in [-0.25, -0.2) is 0 Å². The zero-order valence-electron chi connectivity index (χ0n) is 6.82. The minimum atomic E-state index is 0.838. The van der Waals surface area contributed by atoms with Gasteiger partial charge >= 0.3 is 0 Å². The third-order valence-electron chi connectivity index (χ3n) is 2.15. The summed E-state index contributed by atoms with van der Waals surface area (Å²) in [5.41, 5.74) is 1.28. The smallest absolute Gasteiger partial charge is 0.160 e. The van der Waals surface area contributed by atoms with Gasteiger partial charge in [0, 0.05) is 6.54 Å². The Hall–Kier alpha value is -0.670. The fourth-order valence-electron chi connectivity index (χ4n) is 1.34. The molecule has 0 N–H and O–H groups in total. The molecule has 0 bridgehead atoms. The van der Waals surface area contributed by atoms with Crippen LogP contribution in [0.25, 0.3) is 0 Å². The van der Waals surface area contributed by atoms with Crippen molar-refractivity contribution in [1.29, 1.82) is 0 Å². The first-order valence-electron chi connectivity index (χ1n) is 4.13. The molecule has 1 aromatic heterocycles. The Morgan fingerprint density at radius 3 is 2.92 bits per heavy atom. The number of carbonyl (C=O) groups is 1. The molecule has 0 radical (unpaired) electrons. The number of carbonyl (C=O) groups excluding carboxylic acids is 1. The average molecular weight is 181 g/mol. The lowest BCUT2D eigenvalue weighted by Gasteiger charge is -2.30. The normalized spacial score (nSPS) is 17.3. The van der Waals surface area contributed by atoms with E-state index >= 15 is 0 Å². The fraction of sp³-hybridized carbons (Fsp3) is 0.444. The lowest BCUT2D eigenvalue weighted by molar-refractivity contribution is 0.112. The highest BCUT2D eigenvalue weighted by molar-refractivity contribution is 7.11. The summed E-state index contributed by atoms with van der Waals surface area (Å²) in [7, 11) is 0. The van der Waals surface area contributed by atoms with Crippen molar-refractivity contribution in [3.63, 3.8) is 0 Å². The van der Waals surface area contributed by atoms with Crippen LogP contribution in [0.5, 0.6) is 0 Å². The topological polar surface area (TPSA) is 20.3 Å². The maximum absolute atomic E-state index is 10.4. The van der Waals surface area contributed by atoms with Gasteiger partial charge in [0.15, 0.2) is 6.29 Å². The Balaban J connectivity index is 1.97. The molecule has 0 aliphatic carbocycles. The van der Waals surface area contributed by atoms with Crippen LogP contribution in [0.1, 0.15) is 21.7 Å². The van der Waals surface area contributed by atoms with Crippen molar-refractivity contribution in [1.82, 2.24) is 4.90 Å². The first-order valence-corrected chi connectivity index (χ1v) is 5.01. The highest BCUT2D eigenvalue weighted by atomic mass is 32.1. The number of hydrogen-bond donors (Lipinski definition) is 0. The summed E-state index contributed by atoms with van der Waals surface area (Å²) in [6, 6.07) is 1.98. The second-order valence-corrected chi connectivity index (χ2v) is 4.05. The van der Waals surface area contributed by atoms with E-state index in [4.69, 9.17) is 0 Å². The Kier molecular flexibility index (Phi) is 2.23. The fourth-order valence-corrected chi connectivity index (χ4v) is 2.04. The summed E-state index contributed by atoms with van der Waals surface area (Å²) in [4.78, 5) is 13.6. The third kappa shape index (κ3) is 1.57. The van der Waals surface area contributed by atoms with Crippen LogP contribution in [0, 0.1) is 0 Å². The molecule has 0 unspecified atom stereocenters. The number of nitrogens with zero attached hydrogens (tertiary/aromatic N) is 1. The molecule has 1 fully saturated rings. The van der Waals surface area contributed by atoms with Gasteiger partial charge in [0.2, 0.25) is 0 Å². The SMILES string of the molecule is O=Cc1cc(CN2CCC2)cs1. The van der Waals surface area contributed by atoms with Gasteiger partial charge < -0.3 is 0 Å². The van der Waals surface area contributed by atoms with Crippen LogP contribution >= 0.6 is 11.3 Å². The lowest BCUT2D eigenvalue weighted by atomic mass is 10.2. The molecule has 64 valence electrons. The molecule has 1 aromatic rings. The largest absolute Gasteiger partial charge is 0.299 e. The van der Waals surface area contributed by atoms with Gasteiger partial charge in [0.05, 0.1) is 4.88 Å². The van der Waals surface area contributed by atoms with Gasteiger partial charge in [0.1, 0.15) is 0 Å². The molecule has 2 heterocycles. The maximum atomic E-state index is 10.4. The number of hydrogen-bond acceptors (Lipinski definition) is 3. The number of rotatable bonds is 3. The molecule has 1 saturated heterocycles. The molecular formula is C9H11NOS. The molecule has 0 amide bonds. The van der Waals surface area contributed by atoms with Gasteiger partial charge in [-0.15, -0.1) is 11.3 Å². The molecule has 0 spiro atoms. The van der Waals surface area contributed by atoms with E-state index in [0.29, 0.717) is 0 Å². The van der Waals surface area contributed by atoms with Gasteiger partial charge in [-0.05, 0) is 36.5 Å². The van der Waals surface area contributed by atoms with Crippen molar-refractivity contribution in [2.75, 3.05) is 13.1 Å². The van der Waals surface area contributed by atoms with E-state index in [9.17, 15) is 4.79 Å². The van der Waals surface area contributed by atoms with Crippen molar-refractivity contribution >= 4 is 17.6 Å². The predicted molar refractivity (Wildman–Crippen MR) is 49.6 cm³/mol. The summed E-state index contributed by atoms with van der Waals surface area (Å²) in [5, 5.41) is 2.07. The van der Waals surface area contributed by atoms with E-state index in [2.05, 4.69) is 10.3 Å². The van der Waals surface area contributed by atoms with Crippen LogP contribution in [0.3, 0.4) is 0 Å². The molecule has 0 atom stereocenters. The monoisotopic (exact) mass is 181 g/mol. The Bertz CT molecular complexity index is 278. The predicted octanol–water partition coefficient (Wildman–Crippen LogP) is 1.77. The van der Waals surface area contributed by atoms with Crippen LogP contribution in [0.15, 0.2) is 11.4 Å². The van der Waals surface area contributed by atoms with Crippen LogP contribution in [0.4, 0.5) is 0 Å². The van der Waals surface area contributed by atoms with Crippen LogP contribution < -0.4 is 0 Å². The second kappa shape index (κ2) is 3.37. The molecule has 2 rings (SSSR count). The first kappa shape index (κ1) is 7.95. The average Bonchev–Trinajstić information content (AvgIpc) is 2.44. The van der Waals surface area contributed by atoms with Crippen molar-refractivity contribution in [3.8, 4) is 0 Å². The minimum absolute atomic E-state index is 0.838. The van der Waals surface area contributed by atoms with Crippen molar-refractivity contribution in [2.24, 2.45) is 0 Å². The van der Waals surface area contributed by atoms with E-state index in [1.807, 2.05) is 6.07 Å². The van der Waals surface area contributed by atoms with E-state index < -0.39 is 0 Å². The van der Waals surface area contributed by atoms with Crippen molar-refractivity contribution in [2.45, 2.75) is 13.0 Å². The zero-order chi connectivity index (χ0) is 8.39. The highest BCUT2D eigenvalue weighted by Crippen LogP contribution is 2.17. The van der Waals surface area contributed by atoms with E-state index in [1.165, 1.54) is 36.4 Å². The second-order valence-electron chi connectivity index (χ2n) is 3.10. The Labute approximate surface area is 75.8 Å². The number of aldehydes is 1. The van der Waals surface area contributed by atoms with E-state index in [1.54, 1.807) is 0 Å². The third-order valence-corrected chi connectivity index (χ3v) is 3.05. The summed E-state index contributed by atoms with van der Waals surface area (Å²) < 4.78 is 0. The Morgan fingerprint density at radius 1 is 1.58 bits per heavy atom. The minimum Gasteiger partial charge on any atom is -0.299 e. The van der Waals surface area contributed by atoms with Crippen LogP contribution in [-0.4, -0.2) is 24.3 Å². The lowest BCUT2D eigenvalue weighted by Crippen LogP contribution is -2.36. The molecule has 1 aliphatic heterocycles. The van der Waals surface area contributed by atoms with Gasteiger partial charge in [-0.3, -0.25) is 9.69 Å². The molecule has 12 heavy (non-hydrogen) atoms. The quantitative estimate of drug-likeness (QED) is 0.662. The summed E-state index contributed by atoms with van der Waals surface area (Å²) in [6.07, 6.45) is 2.24. The molecule has 3 heteroatoms. The van der Waals surface area contributed by atoms with Crippen molar-refractivity contribution < 1.29 is 4.79 Å². The highest BCUT2D eigenvalue weighted by Gasteiger charge is 2.14. The molecular weight excluding hydrogens is 170 g/mol. The first-order chi connectivity index (χ1) is 5.88. The number of thiophene rings is 1. The maximum Gasteiger partial charge on any atom is 0.160 e. The zero-order valence-corrected chi connectivity index (χ0v) is 7.64. The van der Waals surface area contributed by atoms with Crippen LogP contribution in [-0.2, 0) is 6.54 Å². The van der Waals surface area contributed by atoms with Crippen molar-refractivity contribution in [3.05, 3.63) is 21.9 Å². The Morgan fingerprint density at radius 2 is 2.42 bits per heavy atom. The summed E-state index contributed by atoms with van der Waals surface area (Å²) >= 11 is 1.53. The summed E-state index contributed by atoms with van der Waals surface area (Å²) in [6.45, 7) is 3.45. The molecule has 0 saturated carbocycles.